The van der Waals surface area contributed by atoms with E-state index >= 15 is 0 Å². The van der Waals surface area contributed by atoms with Crippen LogP contribution in [0.3, 0.4) is 0 Å². The average Bonchev–Trinajstić information content (AvgIpc) is 2.93. The van der Waals surface area contributed by atoms with Crippen LogP contribution in [0, 0.1) is 0 Å². The van der Waals surface area contributed by atoms with Crippen molar-refractivity contribution >= 4 is 17.7 Å². The highest BCUT2D eigenvalue weighted by Gasteiger charge is 2.43. The van der Waals surface area contributed by atoms with E-state index in [1.807, 2.05) is 49.1 Å². The Balaban J connectivity index is 1.75. The largest absolute Gasteiger partial charge is 0.495 e. The van der Waals surface area contributed by atoms with E-state index in [0.717, 1.165) is 48.9 Å². The smallest absolute Gasteiger partial charge is 0.263 e. The van der Waals surface area contributed by atoms with Crippen LogP contribution in [0.1, 0.15) is 57.1 Å². The average molecular weight is 518 g/mol. The van der Waals surface area contributed by atoms with E-state index < -0.39 is 0 Å². The monoisotopic (exact) mass is 517 g/mol. The molecule has 0 unspecified atom stereocenters. The van der Waals surface area contributed by atoms with Gasteiger partial charge in [0.25, 0.3) is 5.56 Å². The molecule has 0 bridgehead atoms. The molecule has 2 aromatic carbocycles. The van der Waals surface area contributed by atoms with Crippen molar-refractivity contribution in [2.45, 2.75) is 62.9 Å². The highest BCUT2D eigenvalue weighted by molar-refractivity contribution is 7.99. The van der Waals surface area contributed by atoms with Gasteiger partial charge in [0.15, 0.2) is 5.16 Å². The molecule has 1 heterocycles. The van der Waals surface area contributed by atoms with Crippen LogP contribution in [0.25, 0.3) is 16.9 Å². The number of hydrogen-bond donors (Lipinski definition) is 0. The molecule has 0 N–H and O–H groups in total. The summed E-state index contributed by atoms with van der Waals surface area (Å²) in [4.78, 5) is 34.6. The number of benzene rings is 2. The van der Waals surface area contributed by atoms with Crippen LogP contribution >= 0.6 is 11.8 Å². The number of rotatable bonds is 7. The molecule has 6 nitrogen and oxygen atoms in total. The minimum absolute atomic E-state index is 0.0382. The molecule has 3 aromatic rings. The molecule has 2 aliphatic rings. The summed E-state index contributed by atoms with van der Waals surface area (Å²) in [5.41, 5.74) is 4.32. The summed E-state index contributed by atoms with van der Waals surface area (Å²) in [7, 11) is 1.62. The number of methoxy groups -OCH3 is 1. The van der Waals surface area contributed by atoms with Crippen LogP contribution in [0.5, 0.6) is 5.75 Å². The van der Waals surface area contributed by atoms with Crippen molar-refractivity contribution < 1.29 is 9.53 Å². The Bertz CT molecular complexity index is 1360. The van der Waals surface area contributed by atoms with Gasteiger partial charge in [-0.25, -0.2) is 4.98 Å². The minimum atomic E-state index is -0.212. The second kappa shape index (κ2) is 10.7. The fourth-order valence-electron chi connectivity index (χ4n) is 6.11. The molecule has 5 rings (SSSR count). The zero-order chi connectivity index (χ0) is 26.0. The lowest BCUT2D eigenvalue weighted by Crippen LogP contribution is -2.43. The topological polar surface area (TPSA) is 64.4 Å². The Labute approximate surface area is 223 Å². The van der Waals surface area contributed by atoms with E-state index in [-0.39, 0.29) is 22.6 Å². The third-order valence-electron chi connectivity index (χ3n) is 7.96. The summed E-state index contributed by atoms with van der Waals surface area (Å²) in [6.45, 7) is 5.27. The third-order valence-corrected chi connectivity index (χ3v) is 8.89. The van der Waals surface area contributed by atoms with Crippen molar-refractivity contribution in [3.63, 3.8) is 0 Å². The van der Waals surface area contributed by atoms with Crippen LogP contribution in [0.4, 0.5) is 0 Å². The zero-order valence-corrected chi connectivity index (χ0v) is 22.8. The van der Waals surface area contributed by atoms with Gasteiger partial charge in [-0.2, -0.15) is 0 Å². The predicted octanol–water partition coefficient (Wildman–Crippen LogP) is 5.63. The van der Waals surface area contributed by atoms with Gasteiger partial charge in [0.1, 0.15) is 5.75 Å². The van der Waals surface area contributed by atoms with Crippen LogP contribution in [0.2, 0.25) is 0 Å². The van der Waals surface area contributed by atoms with Gasteiger partial charge in [-0.15, -0.1) is 0 Å². The number of para-hydroxylation sites is 2. The number of thioether (sulfide) groups is 1. The fourth-order valence-corrected chi connectivity index (χ4v) is 7.01. The molecule has 1 spiro atoms. The lowest BCUT2D eigenvalue weighted by molar-refractivity contribution is -0.127. The van der Waals surface area contributed by atoms with Crippen molar-refractivity contribution in [3.05, 3.63) is 70.0 Å². The molecular weight excluding hydrogens is 482 g/mol. The van der Waals surface area contributed by atoms with Crippen molar-refractivity contribution in [1.82, 2.24) is 14.5 Å². The molecule has 0 saturated heterocycles. The first-order chi connectivity index (χ1) is 18.0. The summed E-state index contributed by atoms with van der Waals surface area (Å²) in [5.74, 6) is 0.865. The Morgan fingerprint density at radius 1 is 1.05 bits per heavy atom. The molecule has 1 amide bonds. The summed E-state index contributed by atoms with van der Waals surface area (Å²) in [6, 6.07) is 15.9. The zero-order valence-electron chi connectivity index (χ0n) is 22.0. The van der Waals surface area contributed by atoms with E-state index in [4.69, 9.17) is 9.72 Å². The van der Waals surface area contributed by atoms with Gasteiger partial charge < -0.3 is 9.64 Å². The Kier molecular flexibility index (Phi) is 7.43. The number of hydrogen-bond acceptors (Lipinski definition) is 5. The maximum absolute atomic E-state index is 14.6. The standard InChI is InChI=1S/C30H35N3O3S/c1-4-32(5-2)25(34)20-37-29-31-27-22-14-8-7-13-21(22)19-30(17-11-6-12-18-30)26(27)28(35)33(29)23-15-9-10-16-24(23)36-3/h7-10,13-16H,4-6,11-12,17-20H2,1-3H3. The van der Waals surface area contributed by atoms with Gasteiger partial charge in [0.2, 0.25) is 5.91 Å². The lowest BCUT2D eigenvalue weighted by atomic mass is 9.62. The molecule has 0 atom stereocenters. The Hall–Kier alpha value is -3.06. The fraction of sp³-hybridized carbons (Fsp3) is 0.433. The van der Waals surface area contributed by atoms with E-state index in [1.165, 1.54) is 23.7 Å². The molecule has 2 aliphatic carbocycles. The number of fused-ring (bicyclic) bond motifs is 4. The van der Waals surface area contributed by atoms with E-state index in [0.29, 0.717) is 29.7 Å². The van der Waals surface area contributed by atoms with E-state index in [1.54, 1.807) is 11.7 Å². The van der Waals surface area contributed by atoms with Gasteiger partial charge in [-0.05, 0) is 50.8 Å². The number of aromatic nitrogens is 2. The van der Waals surface area contributed by atoms with Gasteiger partial charge in [0.05, 0.1) is 29.8 Å². The molecule has 0 radical (unpaired) electrons. The predicted molar refractivity (Wildman–Crippen MR) is 149 cm³/mol. The first-order valence-corrected chi connectivity index (χ1v) is 14.3. The van der Waals surface area contributed by atoms with Gasteiger partial charge >= 0.3 is 0 Å². The van der Waals surface area contributed by atoms with Gasteiger partial charge in [-0.1, -0.05) is 67.4 Å². The van der Waals surface area contributed by atoms with Crippen LogP contribution in [0.15, 0.2) is 58.5 Å². The molecule has 194 valence electrons. The van der Waals surface area contributed by atoms with Crippen molar-refractivity contribution in [2.24, 2.45) is 0 Å². The molecular formula is C30H35N3O3S. The summed E-state index contributed by atoms with van der Waals surface area (Å²) in [6.07, 6.45) is 6.28. The summed E-state index contributed by atoms with van der Waals surface area (Å²) < 4.78 is 7.37. The lowest BCUT2D eigenvalue weighted by Gasteiger charge is -2.42. The summed E-state index contributed by atoms with van der Waals surface area (Å²) in [5, 5.41) is 0.524. The quantitative estimate of drug-likeness (QED) is 0.300. The highest BCUT2D eigenvalue weighted by atomic mass is 32.2. The molecule has 1 aromatic heterocycles. The molecule has 37 heavy (non-hydrogen) atoms. The highest BCUT2D eigenvalue weighted by Crippen LogP contribution is 2.49. The Morgan fingerprint density at radius 2 is 1.76 bits per heavy atom. The number of nitrogens with zero attached hydrogens (tertiary/aromatic N) is 3. The molecule has 1 fully saturated rings. The first kappa shape index (κ1) is 25.6. The van der Waals surface area contributed by atoms with Crippen molar-refractivity contribution in [2.75, 3.05) is 26.0 Å². The van der Waals surface area contributed by atoms with Gasteiger partial charge in [0, 0.05) is 24.1 Å². The van der Waals surface area contributed by atoms with Crippen molar-refractivity contribution in [3.8, 4) is 22.7 Å². The first-order valence-electron chi connectivity index (χ1n) is 13.3. The normalized spacial score (nSPS) is 15.6. The molecule has 1 saturated carbocycles. The number of amides is 1. The van der Waals surface area contributed by atoms with Gasteiger partial charge in [-0.3, -0.25) is 14.2 Å². The van der Waals surface area contributed by atoms with Crippen LogP contribution < -0.4 is 10.3 Å². The maximum atomic E-state index is 14.6. The Morgan fingerprint density at radius 3 is 2.49 bits per heavy atom. The molecule has 7 heteroatoms. The van der Waals surface area contributed by atoms with E-state index in [2.05, 4.69) is 18.2 Å². The SMILES string of the molecule is CCN(CC)C(=O)CSc1nc2c(c(=O)n1-c1ccccc1OC)C1(CCCCC1)Cc1ccccc1-2. The second-order valence-corrected chi connectivity index (χ2v) is 10.9. The number of carbonyl (C=O) groups excluding carboxylic acids is 1. The third kappa shape index (κ3) is 4.58. The second-order valence-electron chi connectivity index (χ2n) is 9.96. The van der Waals surface area contributed by atoms with Crippen molar-refractivity contribution in [1.29, 1.82) is 0 Å². The number of ether oxygens (including phenoxy) is 1. The number of carbonyl (C=O) groups is 1. The summed E-state index contributed by atoms with van der Waals surface area (Å²) >= 11 is 1.33. The minimum Gasteiger partial charge on any atom is -0.495 e. The van der Waals surface area contributed by atoms with Crippen LogP contribution in [-0.4, -0.2) is 46.3 Å². The molecule has 0 aliphatic heterocycles. The maximum Gasteiger partial charge on any atom is 0.263 e. The van der Waals surface area contributed by atoms with Crippen LogP contribution in [-0.2, 0) is 16.6 Å². The van der Waals surface area contributed by atoms with E-state index in [9.17, 15) is 9.59 Å².